The van der Waals surface area contributed by atoms with E-state index in [1.54, 1.807) is 18.3 Å². The maximum absolute atomic E-state index is 13.4. The first-order valence-electron chi connectivity index (χ1n) is 12.0. The lowest BCUT2D eigenvalue weighted by Crippen LogP contribution is -2.49. The van der Waals surface area contributed by atoms with Crippen LogP contribution in [0.5, 0.6) is 17.2 Å². The van der Waals surface area contributed by atoms with Gasteiger partial charge in [0.1, 0.15) is 5.82 Å². The van der Waals surface area contributed by atoms with Gasteiger partial charge in [0.2, 0.25) is 5.75 Å². The summed E-state index contributed by atoms with van der Waals surface area (Å²) in [6.07, 6.45) is 3.60. The maximum atomic E-state index is 13.4. The van der Waals surface area contributed by atoms with E-state index >= 15 is 0 Å². The lowest BCUT2D eigenvalue weighted by molar-refractivity contribution is 0.0745. The van der Waals surface area contributed by atoms with Gasteiger partial charge in [-0.05, 0) is 52.0 Å². The summed E-state index contributed by atoms with van der Waals surface area (Å²) in [4.78, 5) is 21.6. The smallest absolute Gasteiger partial charge is 0.254 e. The van der Waals surface area contributed by atoms with Crippen LogP contribution < -0.4 is 19.1 Å². The van der Waals surface area contributed by atoms with E-state index in [1.165, 1.54) is 0 Å². The van der Waals surface area contributed by atoms with Crippen LogP contribution in [0.25, 0.3) is 5.82 Å². The number of hydrogen-bond donors (Lipinski definition) is 0. The highest BCUT2D eigenvalue weighted by atomic mass is 16.5. The molecule has 1 aliphatic rings. The van der Waals surface area contributed by atoms with Crippen LogP contribution in [0.15, 0.2) is 36.7 Å². The number of imidazole rings is 1. The van der Waals surface area contributed by atoms with E-state index in [0.717, 1.165) is 17.5 Å². The molecule has 10 nitrogen and oxygen atoms in total. The van der Waals surface area contributed by atoms with Crippen LogP contribution in [0, 0.1) is 6.92 Å². The standard InChI is InChI=1S/C25H32N6O4/c1-5-33-20-16-19(17-21(34-6-2)24(20)35-7-3)25(32)30-14-12-29(13-15-30)22-8-9-23(28-27-22)31-11-10-26-18(31)4/h8-11,16-17H,5-7,12-15H2,1-4H3. The Balaban J connectivity index is 1.45. The summed E-state index contributed by atoms with van der Waals surface area (Å²) in [5.41, 5.74) is 0.522. The van der Waals surface area contributed by atoms with Gasteiger partial charge in [0.05, 0.1) is 19.8 Å². The van der Waals surface area contributed by atoms with Crippen molar-refractivity contribution in [1.29, 1.82) is 0 Å². The molecule has 1 aliphatic heterocycles. The second-order valence-corrected chi connectivity index (χ2v) is 7.97. The summed E-state index contributed by atoms with van der Waals surface area (Å²) in [7, 11) is 0. The first kappa shape index (κ1) is 24.3. The van der Waals surface area contributed by atoms with Crippen molar-refractivity contribution in [1.82, 2.24) is 24.6 Å². The van der Waals surface area contributed by atoms with E-state index in [9.17, 15) is 4.79 Å². The number of piperazine rings is 1. The SMILES string of the molecule is CCOc1cc(C(=O)N2CCN(c3ccc(-n4ccnc4C)nn3)CC2)cc(OCC)c1OCC. The molecule has 0 atom stereocenters. The molecule has 0 spiro atoms. The number of amides is 1. The highest BCUT2D eigenvalue weighted by molar-refractivity contribution is 5.95. The lowest BCUT2D eigenvalue weighted by atomic mass is 10.1. The third-order valence-electron chi connectivity index (χ3n) is 5.76. The fourth-order valence-corrected chi connectivity index (χ4v) is 4.07. The van der Waals surface area contributed by atoms with Gasteiger partial charge < -0.3 is 24.0 Å². The number of benzene rings is 1. The topological polar surface area (TPSA) is 94.8 Å². The van der Waals surface area contributed by atoms with Crippen molar-refractivity contribution in [2.24, 2.45) is 0 Å². The number of nitrogens with zero attached hydrogens (tertiary/aromatic N) is 6. The Labute approximate surface area is 205 Å². The van der Waals surface area contributed by atoms with Crippen molar-refractivity contribution >= 4 is 11.7 Å². The molecule has 0 saturated carbocycles. The highest BCUT2D eigenvalue weighted by Crippen LogP contribution is 2.39. The summed E-state index contributed by atoms with van der Waals surface area (Å²) < 4.78 is 19.2. The third kappa shape index (κ3) is 5.31. The van der Waals surface area contributed by atoms with Gasteiger partial charge in [-0.3, -0.25) is 9.36 Å². The van der Waals surface area contributed by atoms with Crippen LogP contribution >= 0.6 is 0 Å². The quantitative estimate of drug-likeness (QED) is 0.461. The number of carbonyl (C=O) groups excluding carboxylic acids is 1. The molecule has 1 aromatic carbocycles. The minimum Gasteiger partial charge on any atom is -0.490 e. The van der Waals surface area contributed by atoms with Crippen molar-refractivity contribution in [2.45, 2.75) is 27.7 Å². The molecule has 4 rings (SSSR count). The van der Waals surface area contributed by atoms with Crippen LogP contribution in [0.2, 0.25) is 0 Å². The monoisotopic (exact) mass is 480 g/mol. The molecule has 2 aromatic heterocycles. The average molecular weight is 481 g/mol. The Morgan fingerprint density at radius 1 is 0.886 bits per heavy atom. The Bertz CT molecular complexity index is 1110. The minimum absolute atomic E-state index is 0.0633. The molecule has 3 heterocycles. The number of ether oxygens (including phenoxy) is 3. The van der Waals surface area contributed by atoms with Crippen molar-refractivity contribution in [3.05, 3.63) is 48.0 Å². The summed E-state index contributed by atoms with van der Waals surface area (Å²) in [6, 6.07) is 7.37. The van der Waals surface area contributed by atoms with Crippen LogP contribution in [-0.4, -0.2) is 76.6 Å². The van der Waals surface area contributed by atoms with Crippen molar-refractivity contribution < 1.29 is 19.0 Å². The first-order valence-corrected chi connectivity index (χ1v) is 12.0. The highest BCUT2D eigenvalue weighted by Gasteiger charge is 2.26. The normalized spacial score (nSPS) is 13.6. The van der Waals surface area contributed by atoms with E-state index in [-0.39, 0.29) is 5.91 Å². The van der Waals surface area contributed by atoms with Crippen LogP contribution in [0.1, 0.15) is 37.0 Å². The molecular formula is C25H32N6O4. The fourth-order valence-electron chi connectivity index (χ4n) is 4.07. The molecular weight excluding hydrogens is 448 g/mol. The zero-order chi connectivity index (χ0) is 24.8. The van der Waals surface area contributed by atoms with Gasteiger partial charge in [0, 0.05) is 44.1 Å². The molecule has 35 heavy (non-hydrogen) atoms. The zero-order valence-electron chi connectivity index (χ0n) is 20.7. The Morgan fingerprint density at radius 3 is 2.00 bits per heavy atom. The molecule has 0 unspecified atom stereocenters. The third-order valence-corrected chi connectivity index (χ3v) is 5.76. The largest absolute Gasteiger partial charge is 0.490 e. The molecule has 1 fully saturated rings. The second kappa shape index (κ2) is 11.1. The molecule has 0 aliphatic carbocycles. The van der Waals surface area contributed by atoms with Crippen LogP contribution in [0.3, 0.4) is 0 Å². The van der Waals surface area contributed by atoms with Crippen molar-refractivity contribution in [3.63, 3.8) is 0 Å². The number of aromatic nitrogens is 4. The van der Waals surface area contributed by atoms with Crippen LogP contribution in [0.4, 0.5) is 5.82 Å². The number of aryl methyl sites for hydroxylation is 1. The van der Waals surface area contributed by atoms with Crippen molar-refractivity contribution in [2.75, 3.05) is 50.9 Å². The second-order valence-electron chi connectivity index (χ2n) is 7.97. The molecule has 0 radical (unpaired) electrons. The molecule has 10 heteroatoms. The van der Waals surface area contributed by atoms with Gasteiger partial charge in [0.15, 0.2) is 23.1 Å². The number of rotatable bonds is 9. The molecule has 3 aromatic rings. The molecule has 1 amide bonds. The van der Waals surface area contributed by atoms with E-state index in [4.69, 9.17) is 14.2 Å². The number of anilines is 1. The summed E-state index contributed by atoms with van der Waals surface area (Å²) in [6.45, 7) is 11.5. The predicted octanol–water partition coefficient (Wildman–Crippen LogP) is 3.13. The van der Waals surface area contributed by atoms with E-state index in [2.05, 4.69) is 20.1 Å². The zero-order valence-corrected chi connectivity index (χ0v) is 20.7. The van der Waals surface area contributed by atoms with Gasteiger partial charge in [-0.15, -0.1) is 10.2 Å². The molecule has 186 valence electrons. The number of carbonyl (C=O) groups is 1. The van der Waals surface area contributed by atoms with Crippen molar-refractivity contribution in [3.8, 4) is 23.1 Å². The van der Waals surface area contributed by atoms with Gasteiger partial charge >= 0.3 is 0 Å². The maximum Gasteiger partial charge on any atom is 0.254 e. The molecule has 0 bridgehead atoms. The summed E-state index contributed by atoms with van der Waals surface area (Å²) >= 11 is 0. The van der Waals surface area contributed by atoms with Gasteiger partial charge in [-0.1, -0.05) is 0 Å². The average Bonchev–Trinajstić information content (AvgIpc) is 3.31. The fraction of sp³-hybridized carbons (Fsp3) is 0.440. The van der Waals surface area contributed by atoms with E-state index in [1.807, 2.05) is 55.5 Å². The number of hydrogen-bond acceptors (Lipinski definition) is 8. The van der Waals surface area contributed by atoms with Gasteiger partial charge in [-0.25, -0.2) is 4.98 Å². The Hall–Kier alpha value is -3.82. The predicted molar refractivity (Wildman–Crippen MR) is 132 cm³/mol. The van der Waals surface area contributed by atoms with Gasteiger partial charge in [-0.2, -0.15) is 0 Å². The van der Waals surface area contributed by atoms with Crippen LogP contribution in [-0.2, 0) is 0 Å². The Morgan fingerprint density at radius 2 is 1.49 bits per heavy atom. The Kier molecular flexibility index (Phi) is 7.69. The minimum atomic E-state index is -0.0633. The van der Waals surface area contributed by atoms with Gasteiger partial charge in [0.25, 0.3) is 5.91 Å². The lowest BCUT2D eigenvalue weighted by Gasteiger charge is -2.35. The van der Waals surface area contributed by atoms with E-state index in [0.29, 0.717) is 68.8 Å². The molecule has 1 saturated heterocycles. The first-order chi connectivity index (χ1) is 17.0. The summed E-state index contributed by atoms with van der Waals surface area (Å²) in [5, 5.41) is 8.74. The molecule has 0 N–H and O–H groups in total. The summed E-state index contributed by atoms with van der Waals surface area (Å²) in [5.74, 6) is 3.88. The van der Waals surface area contributed by atoms with E-state index < -0.39 is 0 Å².